The van der Waals surface area contributed by atoms with Crippen molar-refractivity contribution < 1.29 is 5.11 Å². The van der Waals surface area contributed by atoms with Crippen LogP contribution in [0.5, 0.6) is 0 Å². The predicted octanol–water partition coefficient (Wildman–Crippen LogP) is 2.12. The smallest absolute Gasteiger partial charge is 0.0679 e. The number of aliphatic hydroxyl groups excluding tert-OH is 1. The molecule has 0 aromatic rings. The minimum absolute atomic E-state index is 0.0985. The first kappa shape index (κ1) is 12.0. The maximum atomic E-state index is 9.55. The summed E-state index contributed by atoms with van der Waals surface area (Å²) in [6, 6.07) is 0.583. The molecule has 1 fully saturated rings. The van der Waals surface area contributed by atoms with E-state index in [0.717, 1.165) is 19.5 Å². The summed E-state index contributed by atoms with van der Waals surface area (Å²) in [5.74, 6) is 0.653. The molecular formula is C12H25NO. The topological polar surface area (TPSA) is 23.5 Å². The Balaban J connectivity index is 2.69. The molecule has 0 aromatic carbocycles. The number of nitrogens with zero attached hydrogens (tertiary/aromatic N) is 1. The molecule has 0 spiro atoms. The highest BCUT2D eigenvalue weighted by molar-refractivity contribution is 4.89. The van der Waals surface area contributed by atoms with Gasteiger partial charge in [0.1, 0.15) is 0 Å². The molecule has 0 aromatic heterocycles. The van der Waals surface area contributed by atoms with Crippen molar-refractivity contribution in [3.8, 4) is 0 Å². The standard InChI is InChI=1S/C12H25NO/c1-9(2)11(12(3,4)5)13-7-6-10(14)8-13/h9-11,14H,6-8H2,1-5H3/t10-,11?/m0/s1. The molecule has 84 valence electrons. The lowest BCUT2D eigenvalue weighted by Gasteiger charge is -2.41. The zero-order chi connectivity index (χ0) is 10.9. The van der Waals surface area contributed by atoms with Crippen LogP contribution in [0.3, 0.4) is 0 Å². The third kappa shape index (κ3) is 2.71. The van der Waals surface area contributed by atoms with Gasteiger partial charge >= 0.3 is 0 Å². The molecule has 2 nitrogen and oxygen atoms in total. The fourth-order valence-electron chi connectivity index (χ4n) is 2.99. The van der Waals surface area contributed by atoms with Crippen LogP contribution >= 0.6 is 0 Å². The summed E-state index contributed by atoms with van der Waals surface area (Å²) in [4.78, 5) is 2.45. The maximum Gasteiger partial charge on any atom is 0.0679 e. The average Bonchev–Trinajstić information content (AvgIpc) is 2.31. The molecule has 1 unspecified atom stereocenters. The van der Waals surface area contributed by atoms with Gasteiger partial charge in [-0.25, -0.2) is 0 Å². The molecule has 1 N–H and O–H groups in total. The average molecular weight is 199 g/mol. The van der Waals surface area contributed by atoms with Crippen molar-refractivity contribution in [2.75, 3.05) is 13.1 Å². The summed E-state index contributed by atoms with van der Waals surface area (Å²) < 4.78 is 0. The highest BCUT2D eigenvalue weighted by Crippen LogP contribution is 2.32. The van der Waals surface area contributed by atoms with E-state index < -0.39 is 0 Å². The molecule has 2 atom stereocenters. The quantitative estimate of drug-likeness (QED) is 0.736. The SMILES string of the molecule is CC(C)C(N1CC[C@H](O)C1)C(C)(C)C. The second-order valence-electron chi connectivity index (χ2n) is 5.99. The van der Waals surface area contributed by atoms with Crippen molar-refractivity contribution in [3.63, 3.8) is 0 Å². The molecule has 0 saturated carbocycles. The van der Waals surface area contributed by atoms with Gasteiger partial charge < -0.3 is 5.11 Å². The molecule has 2 heteroatoms. The van der Waals surface area contributed by atoms with Crippen LogP contribution in [0.25, 0.3) is 0 Å². The Bertz CT molecular complexity index is 183. The lowest BCUT2D eigenvalue weighted by Crippen LogP contribution is -2.46. The first-order valence-electron chi connectivity index (χ1n) is 5.74. The summed E-state index contributed by atoms with van der Waals surface area (Å²) >= 11 is 0. The van der Waals surface area contributed by atoms with Crippen LogP contribution in [0, 0.1) is 11.3 Å². The van der Waals surface area contributed by atoms with Gasteiger partial charge in [0.15, 0.2) is 0 Å². The Morgan fingerprint density at radius 3 is 2.14 bits per heavy atom. The fraction of sp³-hybridized carbons (Fsp3) is 1.00. The van der Waals surface area contributed by atoms with Crippen LogP contribution < -0.4 is 0 Å². The second kappa shape index (κ2) is 4.19. The van der Waals surface area contributed by atoms with E-state index in [4.69, 9.17) is 0 Å². The van der Waals surface area contributed by atoms with Crippen LogP contribution in [-0.2, 0) is 0 Å². The van der Waals surface area contributed by atoms with Crippen molar-refractivity contribution in [2.45, 2.75) is 53.2 Å². The van der Waals surface area contributed by atoms with E-state index in [9.17, 15) is 5.11 Å². The minimum Gasteiger partial charge on any atom is -0.392 e. The van der Waals surface area contributed by atoms with Gasteiger partial charge in [-0.2, -0.15) is 0 Å². The summed E-state index contributed by atoms with van der Waals surface area (Å²) in [6.07, 6.45) is 0.845. The number of aliphatic hydroxyl groups is 1. The Hall–Kier alpha value is -0.0800. The number of β-amino-alcohol motifs (C(OH)–C–C–N with tert-alkyl or cyclic N) is 1. The molecule has 1 aliphatic rings. The minimum atomic E-state index is -0.0985. The summed E-state index contributed by atoms with van der Waals surface area (Å²) in [7, 11) is 0. The van der Waals surface area contributed by atoms with E-state index in [1.165, 1.54) is 0 Å². The van der Waals surface area contributed by atoms with E-state index in [1.54, 1.807) is 0 Å². The first-order valence-corrected chi connectivity index (χ1v) is 5.74. The number of hydrogen-bond acceptors (Lipinski definition) is 2. The van der Waals surface area contributed by atoms with Gasteiger partial charge in [-0.3, -0.25) is 4.90 Å². The number of hydrogen-bond donors (Lipinski definition) is 1. The maximum absolute atomic E-state index is 9.55. The van der Waals surface area contributed by atoms with Gasteiger partial charge in [0, 0.05) is 19.1 Å². The molecule has 0 amide bonds. The highest BCUT2D eigenvalue weighted by atomic mass is 16.3. The Morgan fingerprint density at radius 1 is 1.29 bits per heavy atom. The third-order valence-corrected chi connectivity index (χ3v) is 3.11. The molecule has 14 heavy (non-hydrogen) atoms. The zero-order valence-electron chi connectivity index (χ0n) is 10.2. The predicted molar refractivity (Wildman–Crippen MR) is 60.3 cm³/mol. The van der Waals surface area contributed by atoms with Gasteiger partial charge in [-0.1, -0.05) is 34.6 Å². The number of rotatable bonds is 2. The largest absolute Gasteiger partial charge is 0.392 e. The first-order chi connectivity index (χ1) is 6.32. The van der Waals surface area contributed by atoms with Crippen molar-refractivity contribution in [2.24, 2.45) is 11.3 Å². The second-order valence-corrected chi connectivity index (χ2v) is 5.99. The lowest BCUT2D eigenvalue weighted by atomic mass is 9.79. The molecule has 1 aliphatic heterocycles. The Morgan fingerprint density at radius 2 is 1.86 bits per heavy atom. The van der Waals surface area contributed by atoms with E-state index in [-0.39, 0.29) is 6.10 Å². The number of likely N-dealkylation sites (tertiary alicyclic amines) is 1. The van der Waals surface area contributed by atoms with Gasteiger partial charge in [-0.15, -0.1) is 0 Å². The van der Waals surface area contributed by atoms with Crippen LogP contribution in [0.2, 0.25) is 0 Å². The summed E-state index contributed by atoms with van der Waals surface area (Å²) in [6.45, 7) is 13.4. The lowest BCUT2D eigenvalue weighted by molar-refractivity contribution is 0.0694. The molecule has 0 aliphatic carbocycles. The van der Waals surface area contributed by atoms with Gasteiger partial charge in [0.05, 0.1) is 6.10 Å². The third-order valence-electron chi connectivity index (χ3n) is 3.11. The van der Waals surface area contributed by atoms with Gasteiger partial charge in [0.2, 0.25) is 0 Å². The van der Waals surface area contributed by atoms with Crippen molar-refractivity contribution in [3.05, 3.63) is 0 Å². The summed E-state index contributed by atoms with van der Waals surface area (Å²) in [5, 5.41) is 9.55. The monoisotopic (exact) mass is 199 g/mol. The molecular weight excluding hydrogens is 174 g/mol. The van der Waals surface area contributed by atoms with Crippen LogP contribution in [0.1, 0.15) is 41.0 Å². The van der Waals surface area contributed by atoms with Crippen molar-refractivity contribution in [1.82, 2.24) is 4.90 Å². The fourth-order valence-corrected chi connectivity index (χ4v) is 2.99. The normalized spacial score (nSPS) is 27.2. The van der Waals surface area contributed by atoms with Crippen LogP contribution in [0.15, 0.2) is 0 Å². The van der Waals surface area contributed by atoms with Crippen LogP contribution in [-0.4, -0.2) is 35.2 Å². The van der Waals surface area contributed by atoms with Gasteiger partial charge in [-0.05, 0) is 17.8 Å². The molecule has 0 radical (unpaired) electrons. The van der Waals surface area contributed by atoms with E-state index >= 15 is 0 Å². The van der Waals surface area contributed by atoms with E-state index in [1.807, 2.05) is 0 Å². The molecule has 1 saturated heterocycles. The molecule has 1 rings (SSSR count). The van der Waals surface area contributed by atoms with E-state index in [2.05, 4.69) is 39.5 Å². The molecule has 0 bridgehead atoms. The Labute approximate surface area is 88.3 Å². The van der Waals surface area contributed by atoms with Crippen LogP contribution in [0.4, 0.5) is 0 Å². The highest BCUT2D eigenvalue weighted by Gasteiger charge is 2.36. The Kier molecular flexibility index (Phi) is 3.59. The zero-order valence-corrected chi connectivity index (χ0v) is 10.2. The van der Waals surface area contributed by atoms with E-state index in [0.29, 0.717) is 17.4 Å². The van der Waals surface area contributed by atoms with Gasteiger partial charge in [0.25, 0.3) is 0 Å². The molecule has 1 heterocycles. The van der Waals surface area contributed by atoms with Crippen molar-refractivity contribution >= 4 is 0 Å². The van der Waals surface area contributed by atoms with Crippen molar-refractivity contribution in [1.29, 1.82) is 0 Å². The summed E-state index contributed by atoms with van der Waals surface area (Å²) in [5.41, 5.74) is 0.304.